The van der Waals surface area contributed by atoms with E-state index in [4.69, 9.17) is 0 Å². The number of amides is 1. The highest BCUT2D eigenvalue weighted by atomic mass is 79.9. The van der Waals surface area contributed by atoms with Crippen molar-refractivity contribution >= 4 is 33.4 Å². The molecular formula is C11H18BrN3OS. The molecule has 6 heteroatoms. The van der Waals surface area contributed by atoms with Crippen LogP contribution < -0.4 is 5.32 Å². The van der Waals surface area contributed by atoms with E-state index in [0.717, 1.165) is 23.9 Å². The molecule has 1 amide bonds. The summed E-state index contributed by atoms with van der Waals surface area (Å²) in [5.74, 6) is 0.374. The van der Waals surface area contributed by atoms with Crippen LogP contribution in [0.4, 0.5) is 0 Å². The van der Waals surface area contributed by atoms with Crippen molar-refractivity contribution < 1.29 is 4.79 Å². The molecule has 0 spiro atoms. The smallest absolute Gasteiger partial charge is 0.265 e. The van der Waals surface area contributed by atoms with Crippen LogP contribution in [-0.2, 0) is 6.42 Å². The van der Waals surface area contributed by atoms with E-state index >= 15 is 0 Å². The van der Waals surface area contributed by atoms with Gasteiger partial charge in [-0.25, -0.2) is 0 Å². The highest BCUT2D eigenvalue weighted by molar-refractivity contribution is 9.09. The fourth-order valence-corrected chi connectivity index (χ4v) is 2.68. The second-order valence-electron chi connectivity index (χ2n) is 4.20. The van der Waals surface area contributed by atoms with Gasteiger partial charge in [0.1, 0.15) is 4.88 Å². The average molecular weight is 320 g/mol. The van der Waals surface area contributed by atoms with Gasteiger partial charge < -0.3 is 5.32 Å². The van der Waals surface area contributed by atoms with Crippen molar-refractivity contribution in [2.45, 2.75) is 39.7 Å². The Morgan fingerprint density at radius 2 is 2.24 bits per heavy atom. The van der Waals surface area contributed by atoms with E-state index in [1.54, 1.807) is 0 Å². The molecule has 1 aromatic rings. The molecule has 1 heterocycles. The van der Waals surface area contributed by atoms with E-state index < -0.39 is 0 Å². The maximum absolute atomic E-state index is 12.1. The van der Waals surface area contributed by atoms with E-state index in [1.165, 1.54) is 11.5 Å². The van der Waals surface area contributed by atoms with Crippen molar-refractivity contribution in [1.82, 2.24) is 14.9 Å². The predicted octanol–water partition coefficient (Wildman–Crippen LogP) is 2.64. The fourth-order valence-electron chi connectivity index (χ4n) is 1.54. The Balaban J connectivity index is 2.70. The van der Waals surface area contributed by atoms with Crippen molar-refractivity contribution in [3.63, 3.8) is 0 Å². The van der Waals surface area contributed by atoms with Crippen molar-refractivity contribution in [2.24, 2.45) is 5.92 Å². The monoisotopic (exact) mass is 319 g/mol. The molecule has 1 atom stereocenters. The van der Waals surface area contributed by atoms with Crippen LogP contribution in [0.1, 0.15) is 42.6 Å². The molecule has 1 rings (SSSR count). The topological polar surface area (TPSA) is 54.9 Å². The first-order valence-corrected chi connectivity index (χ1v) is 7.67. The lowest BCUT2D eigenvalue weighted by atomic mass is 10.0. The number of aryl methyl sites for hydroxylation is 1. The van der Waals surface area contributed by atoms with E-state index in [9.17, 15) is 4.79 Å². The molecule has 0 aliphatic rings. The minimum Gasteiger partial charge on any atom is -0.348 e. The number of rotatable bonds is 6. The highest BCUT2D eigenvalue weighted by Gasteiger charge is 2.20. The normalized spacial score (nSPS) is 12.8. The van der Waals surface area contributed by atoms with Crippen molar-refractivity contribution in [2.75, 3.05) is 5.33 Å². The van der Waals surface area contributed by atoms with Gasteiger partial charge in [0.05, 0.1) is 5.69 Å². The molecule has 0 saturated heterocycles. The molecule has 0 radical (unpaired) electrons. The zero-order valence-electron chi connectivity index (χ0n) is 10.4. The molecule has 0 saturated carbocycles. The number of hydrogen-bond donors (Lipinski definition) is 1. The Bertz CT molecular complexity index is 367. The Morgan fingerprint density at radius 3 is 2.76 bits per heavy atom. The molecule has 1 N–H and O–H groups in total. The van der Waals surface area contributed by atoms with Gasteiger partial charge in [-0.05, 0) is 30.3 Å². The molecular weight excluding hydrogens is 302 g/mol. The first kappa shape index (κ1) is 14.6. The number of halogens is 1. The average Bonchev–Trinajstić information content (AvgIpc) is 2.76. The van der Waals surface area contributed by atoms with Gasteiger partial charge in [0.15, 0.2) is 0 Å². The summed E-state index contributed by atoms with van der Waals surface area (Å²) in [6, 6.07) is 0.189. The highest BCUT2D eigenvalue weighted by Crippen LogP contribution is 2.14. The molecule has 17 heavy (non-hydrogen) atoms. The first-order valence-electron chi connectivity index (χ1n) is 5.78. The van der Waals surface area contributed by atoms with E-state index in [1.807, 2.05) is 6.92 Å². The summed E-state index contributed by atoms with van der Waals surface area (Å²) in [6.45, 7) is 6.20. The van der Waals surface area contributed by atoms with Crippen molar-refractivity contribution in [1.29, 1.82) is 0 Å². The van der Waals surface area contributed by atoms with Gasteiger partial charge in [-0.1, -0.05) is 41.2 Å². The molecule has 0 bridgehead atoms. The lowest BCUT2D eigenvalue weighted by Crippen LogP contribution is -2.38. The first-order chi connectivity index (χ1) is 8.10. The number of aromatic nitrogens is 2. The predicted molar refractivity (Wildman–Crippen MR) is 73.8 cm³/mol. The Labute approximate surface area is 114 Å². The quantitative estimate of drug-likeness (QED) is 0.820. The van der Waals surface area contributed by atoms with Crippen LogP contribution in [0, 0.1) is 5.92 Å². The van der Waals surface area contributed by atoms with Crippen LogP contribution in [0.15, 0.2) is 0 Å². The third kappa shape index (κ3) is 4.03. The van der Waals surface area contributed by atoms with Crippen LogP contribution in [0.2, 0.25) is 0 Å². The number of nitrogens with one attached hydrogen (secondary N) is 1. The summed E-state index contributed by atoms with van der Waals surface area (Å²) in [5, 5.41) is 7.89. The summed E-state index contributed by atoms with van der Waals surface area (Å²) in [4.78, 5) is 12.7. The molecule has 0 fully saturated rings. The molecule has 0 aromatic carbocycles. The van der Waals surface area contributed by atoms with E-state index in [-0.39, 0.29) is 11.9 Å². The molecule has 96 valence electrons. The van der Waals surface area contributed by atoms with E-state index in [0.29, 0.717) is 10.8 Å². The van der Waals surface area contributed by atoms with Gasteiger partial charge in [-0.15, -0.1) is 5.10 Å². The molecule has 0 aliphatic heterocycles. The Morgan fingerprint density at radius 1 is 1.53 bits per heavy atom. The van der Waals surface area contributed by atoms with Crippen molar-refractivity contribution in [3.05, 3.63) is 10.6 Å². The van der Waals surface area contributed by atoms with Crippen LogP contribution >= 0.6 is 27.5 Å². The third-order valence-corrected chi connectivity index (χ3v) is 3.86. The molecule has 1 unspecified atom stereocenters. The van der Waals surface area contributed by atoms with Crippen LogP contribution in [0.5, 0.6) is 0 Å². The van der Waals surface area contributed by atoms with Crippen LogP contribution in [0.25, 0.3) is 0 Å². The minimum absolute atomic E-state index is 0.0449. The molecule has 1 aromatic heterocycles. The standard InChI is InChI=1S/C11H18BrN3OS/c1-4-8-10(17-15-14-8)11(16)13-9(5-6-12)7(2)3/h7,9H,4-6H2,1-3H3,(H,13,16). The van der Waals surface area contributed by atoms with Gasteiger partial charge in [0, 0.05) is 11.4 Å². The van der Waals surface area contributed by atoms with Gasteiger partial charge in [-0.2, -0.15) is 0 Å². The maximum Gasteiger partial charge on any atom is 0.265 e. The second kappa shape index (κ2) is 7.06. The number of carbonyl (C=O) groups excluding carboxylic acids is 1. The Hall–Kier alpha value is -0.490. The van der Waals surface area contributed by atoms with Gasteiger partial charge in [0.2, 0.25) is 0 Å². The summed E-state index contributed by atoms with van der Waals surface area (Å²) in [6.07, 6.45) is 1.67. The minimum atomic E-state index is -0.0449. The fraction of sp³-hybridized carbons (Fsp3) is 0.727. The SMILES string of the molecule is CCc1nnsc1C(=O)NC(CCBr)C(C)C. The zero-order valence-corrected chi connectivity index (χ0v) is 12.8. The summed E-state index contributed by atoms with van der Waals surface area (Å²) in [7, 11) is 0. The molecule has 0 aliphatic carbocycles. The number of nitrogens with zero attached hydrogens (tertiary/aromatic N) is 2. The van der Waals surface area contributed by atoms with Crippen LogP contribution in [-0.4, -0.2) is 26.9 Å². The zero-order chi connectivity index (χ0) is 12.8. The van der Waals surface area contributed by atoms with Gasteiger partial charge in [0.25, 0.3) is 5.91 Å². The lowest BCUT2D eigenvalue weighted by Gasteiger charge is -2.21. The molecule has 4 nitrogen and oxygen atoms in total. The maximum atomic E-state index is 12.1. The summed E-state index contributed by atoms with van der Waals surface area (Å²) >= 11 is 4.58. The number of hydrogen-bond acceptors (Lipinski definition) is 4. The number of carbonyl (C=O) groups is 1. The number of alkyl halides is 1. The van der Waals surface area contributed by atoms with Crippen molar-refractivity contribution in [3.8, 4) is 0 Å². The largest absolute Gasteiger partial charge is 0.348 e. The third-order valence-electron chi connectivity index (χ3n) is 2.64. The van der Waals surface area contributed by atoms with Crippen LogP contribution in [0.3, 0.4) is 0 Å². The Kier molecular flexibility index (Phi) is 6.05. The summed E-state index contributed by atoms with van der Waals surface area (Å²) in [5.41, 5.74) is 0.786. The van der Waals surface area contributed by atoms with Gasteiger partial charge in [-0.3, -0.25) is 4.79 Å². The van der Waals surface area contributed by atoms with Gasteiger partial charge >= 0.3 is 0 Å². The lowest BCUT2D eigenvalue weighted by molar-refractivity contribution is 0.0928. The summed E-state index contributed by atoms with van der Waals surface area (Å²) < 4.78 is 3.83. The second-order valence-corrected chi connectivity index (χ2v) is 5.75. The van der Waals surface area contributed by atoms with E-state index in [2.05, 4.69) is 44.7 Å².